The molecule has 0 spiro atoms. The van der Waals surface area contributed by atoms with Crippen LogP contribution in [0.2, 0.25) is 0 Å². The highest BCUT2D eigenvalue weighted by Gasteiger charge is 2.55. The first-order chi connectivity index (χ1) is 47.7. The Morgan fingerprint density at radius 2 is 0.420 bits per heavy atom. The molecule has 100 heavy (non-hydrogen) atoms. The molecule has 0 radical (unpaired) electrons. The summed E-state index contributed by atoms with van der Waals surface area (Å²) in [5, 5.41) is 17.2. The van der Waals surface area contributed by atoms with Crippen LogP contribution < -0.4 is 5.46 Å². The number of fused-ring (bicyclic) bond motifs is 24. The number of halogens is 3. The van der Waals surface area contributed by atoms with Crippen LogP contribution in [0, 0.1) is 0 Å². The Labute approximate surface area is 619 Å². The topological polar surface area (TPSA) is 40.5 Å². The van der Waals surface area contributed by atoms with Gasteiger partial charge in [-0.25, -0.2) is 0 Å². The number of rotatable bonds is 4. The zero-order chi connectivity index (χ0) is 71.1. The fourth-order valence-electron chi connectivity index (χ4n) is 18.4. The van der Waals surface area contributed by atoms with E-state index in [9.17, 15) is 0 Å². The van der Waals surface area contributed by atoms with E-state index in [2.05, 4.69) is 331 Å². The average molecular weight is 1500 g/mol. The van der Waals surface area contributed by atoms with Crippen molar-refractivity contribution in [2.24, 2.45) is 0 Å². The van der Waals surface area contributed by atoms with Crippen LogP contribution in [-0.4, -0.2) is 17.2 Å². The van der Waals surface area contributed by atoms with Crippen molar-refractivity contribution in [2.75, 3.05) is 0 Å². The maximum absolute atomic E-state index is 8.58. The van der Waals surface area contributed by atoms with Gasteiger partial charge in [0.05, 0.1) is 0 Å². The number of benzene rings is 12. The molecule has 0 fully saturated rings. The Hall–Kier alpha value is -7.94. The second-order valence-electron chi connectivity index (χ2n) is 30.5. The molecule has 18 rings (SSSR count). The fourth-order valence-corrected chi connectivity index (χ4v) is 19.5. The molecule has 2 N–H and O–H groups in total. The highest BCUT2D eigenvalue weighted by atomic mass is 79.9. The van der Waals surface area contributed by atoms with E-state index < -0.39 is 7.12 Å². The monoisotopic (exact) mass is 1500 g/mol. The molecule has 0 saturated carbocycles. The van der Waals surface area contributed by atoms with Gasteiger partial charge in [0.2, 0.25) is 0 Å². The molecule has 12 aromatic carbocycles. The molecule has 6 aliphatic carbocycles. The molecule has 0 atom stereocenters. The zero-order valence-electron chi connectivity index (χ0n) is 60.5. The molecule has 6 heteroatoms. The van der Waals surface area contributed by atoms with E-state index in [1.165, 1.54) is 167 Å². The Kier molecular flexibility index (Phi) is 17.5. The lowest BCUT2D eigenvalue weighted by atomic mass is 9.71. The minimum atomic E-state index is -1.34. The molecule has 0 amide bonds. The van der Waals surface area contributed by atoms with Crippen molar-refractivity contribution >= 4 is 60.4 Å². The summed E-state index contributed by atoms with van der Waals surface area (Å²) in [6.45, 7) is 37.4. The molecule has 0 aliphatic heterocycles. The van der Waals surface area contributed by atoms with Crippen molar-refractivity contribution in [1.29, 1.82) is 0 Å². The van der Waals surface area contributed by atoms with E-state index in [1.807, 2.05) is 33.8 Å². The van der Waals surface area contributed by atoms with Crippen molar-refractivity contribution in [3.8, 4) is 100 Å². The van der Waals surface area contributed by atoms with Crippen LogP contribution in [0.5, 0.6) is 0 Å². The SMILES string of the molecule is CC.CC.CC1(C)c2ccc(-c3ccccc3)cc2-c2c1c1c(c3c2C(C)(C)c2ccc(-c4ccccc4)cc2-3)C(C)(C)c2ccc(-c3ccccc3)cc2-1.CC1(C)c2ccc(Br)cc2-c2c1c1c(c3c2C(C)(C)c2ccc(Br)cc2-3)C(C)(C)c2ccc(Br)cc2-1.OB(O)c1ccccc1. The van der Waals surface area contributed by atoms with Crippen LogP contribution in [0.4, 0.5) is 0 Å². The molecule has 0 unspecified atom stereocenters. The quantitative estimate of drug-likeness (QED) is 0.172. The Morgan fingerprint density at radius 1 is 0.230 bits per heavy atom. The van der Waals surface area contributed by atoms with Gasteiger partial charge in [0, 0.05) is 45.9 Å². The van der Waals surface area contributed by atoms with E-state index in [4.69, 9.17) is 10.0 Å². The fraction of sp³-hybridized carbons (Fsp3) is 0.234. The highest BCUT2D eigenvalue weighted by Crippen LogP contribution is 2.70. The van der Waals surface area contributed by atoms with Gasteiger partial charge < -0.3 is 10.0 Å². The molecular formula is C94H88BBr3O2. The summed E-state index contributed by atoms with van der Waals surface area (Å²) in [6, 6.07) is 83.9. The molecule has 0 aromatic heterocycles. The minimum absolute atomic E-state index is 0.101. The van der Waals surface area contributed by atoms with E-state index in [0.29, 0.717) is 5.46 Å². The Balaban J connectivity index is 0.000000151. The third-order valence-electron chi connectivity index (χ3n) is 22.8. The van der Waals surface area contributed by atoms with Crippen molar-refractivity contribution in [1.82, 2.24) is 0 Å². The van der Waals surface area contributed by atoms with Gasteiger partial charge in [0.25, 0.3) is 0 Å². The number of hydrogen-bond acceptors (Lipinski definition) is 2. The largest absolute Gasteiger partial charge is 0.488 e. The van der Waals surface area contributed by atoms with Crippen molar-refractivity contribution < 1.29 is 10.0 Å². The Morgan fingerprint density at radius 3 is 0.620 bits per heavy atom. The van der Waals surface area contributed by atoms with Gasteiger partial charge >= 0.3 is 7.12 Å². The van der Waals surface area contributed by atoms with Crippen molar-refractivity contribution in [2.45, 2.75) is 143 Å². The summed E-state index contributed by atoms with van der Waals surface area (Å²) < 4.78 is 3.41. The lowest BCUT2D eigenvalue weighted by Gasteiger charge is -2.31. The van der Waals surface area contributed by atoms with Crippen molar-refractivity contribution in [3.05, 3.63) is 311 Å². The predicted octanol–water partition coefficient (Wildman–Crippen LogP) is 25.9. The second kappa shape index (κ2) is 25.2. The second-order valence-corrected chi connectivity index (χ2v) is 33.2. The van der Waals surface area contributed by atoms with E-state index in [1.54, 1.807) is 24.3 Å². The van der Waals surface area contributed by atoms with Crippen LogP contribution in [0.15, 0.2) is 244 Å². The third-order valence-corrected chi connectivity index (χ3v) is 24.3. The van der Waals surface area contributed by atoms with Gasteiger partial charge in [-0.15, -0.1) is 0 Å². The highest BCUT2D eigenvalue weighted by molar-refractivity contribution is 9.11. The lowest BCUT2D eigenvalue weighted by Crippen LogP contribution is -2.29. The van der Waals surface area contributed by atoms with Crippen LogP contribution >= 0.6 is 47.8 Å². The average Bonchev–Trinajstić information content (AvgIpc) is 1.49. The van der Waals surface area contributed by atoms with Gasteiger partial charge in [0.15, 0.2) is 0 Å². The summed E-state index contributed by atoms with van der Waals surface area (Å²) in [4.78, 5) is 0. The molecular weight excluding hydrogens is 1410 g/mol. The molecule has 500 valence electrons. The van der Waals surface area contributed by atoms with Crippen LogP contribution in [-0.2, 0) is 32.5 Å². The summed E-state index contributed by atoms with van der Waals surface area (Å²) in [5.41, 5.74) is 41.9. The van der Waals surface area contributed by atoms with Crippen LogP contribution in [0.3, 0.4) is 0 Å². The molecule has 6 aliphatic rings. The van der Waals surface area contributed by atoms with Gasteiger partial charge in [-0.2, -0.15) is 0 Å². The molecule has 0 bridgehead atoms. The first-order valence-electron chi connectivity index (χ1n) is 35.7. The van der Waals surface area contributed by atoms with Gasteiger partial charge in [-0.3, -0.25) is 0 Å². The van der Waals surface area contributed by atoms with Crippen molar-refractivity contribution in [3.63, 3.8) is 0 Å². The summed E-state index contributed by atoms with van der Waals surface area (Å²) >= 11 is 11.4. The maximum Gasteiger partial charge on any atom is 0.488 e. The zero-order valence-corrected chi connectivity index (χ0v) is 65.3. The van der Waals surface area contributed by atoms with Crippen LogP contribution in [0.25, 0.3) is 100 Å². The van der Waals surface area contributed by atoms with Crippen LogP contribution in [0.1, 0.15) is 178 Å². The van der Waals surface area contributed by atoms with Gasteiger partial charge in [0.1, 0.15) is 0 Å². The predicted molar refractivity (Wildman–Crippen MR) is 437 cm³/mol. The van der Waals surface area contributed by atoms with E-state index >= 15 is 0 Å². The molecule has 0 saturated heterocycles. The smallest absolute Gasteiger partial charge is 0.423 e. The molecule has 2 nitrogen and oxygen atoms in total. The summed E-state index contributed by atoms with van der Waals surface area (Å²) in [6.07, 6.45) is 0. The lowest BCUT2D eigenvalue weighted by molar-refractivity contribution is 0.426. The normalized spacial score (nSPS) is 15.7. The molecule has 0 heterocycles. The van der Waals surface area contributed by atoms with E-state index in [0.717, 1.165) is 13.4 Å². The first-order valence-corrected chi connectivity index (χ1v) is 38.1. The standard InChI is InChI=1S/C51H42.C33H27Br3.C6H7BO2.2C2H6/c1-49(2)40-25-22-34(31-16-10-7-11-17-31)28-37(40)43-46(49)44-38-29-35(32-18-12-8-13-19-32)23-26-41(38)50(3,4)48(44)45-39-30-36(33-20-14-9-15-21-33)24-27-42(39)51(5,6)47(43)45;1-31(2)22-10-7-16(34)13-19(22)25-28(31)26-20-14-17(35)8-11-23(20)32(3,4)30(26)27-21-15-18(36)9-12-24(21)33(5,6)29(25)27;8-7(9)6-4-2-1-3-5-6;2*1-2/h7-30H,1-6H3;7-15H,1-6H3;1-5,8-9H;2*1-2H3. The Bertz CT molecular complexity index is 4740. The van der Waals surface area contributed by atoms with Gasteiger partial charge in [-0.1, -0.05) is 334 Å². The third kappa shape index (κ3) is 10.4. The summed E-state index contributed by atoms with van der Waals surface area (Å²) in [5.74, 6) is 0. The van der Waals surface area contributed by atoms with Gasteiger partial charge in [-0.05, 0) is 227 Å². The van der Waals surface area contributed by atoms with E-state index in [-0.39, 0.29) is 32.5 Å². The maximum atomic E-state index is 8.58. The number of hydrogen-bond donors (Lipinski definition) is 2. The first kappa shape index (κ1) is 69.2. The molecule has 12 aromatic rings. The summed E-state index contributed by atoms with van der Waals surface area (Å²) in [7, 11) is -1.34. The minimum Gasteiger partial charge on any atom is -0.423 e.